The standard InChI is InChI=1S/C10H11F2NO3/c1-5-7(15-2)4-6(9(11)12)8(13-5)10(14)16-3/h4,9H,1-3H3. The number of pyridine rings is 1. The lowest BCUT2D eigenvalue weighted by Gasteiger charge is -2.10. The zero-order chi connectivity index (χ0) is 12.3. The fraction of sp³-hybridized carbons (Fsp3) is 0.400. The first-order valence-electron chi connectivity index (χ1n) is 4.43. The summed E-state index contributed by atoms with van der Waals surface area (Å²) in [4.78, 5) is 15.0. The van der Waals surface area contributed by atoms with E-state index in [9.17, 15) is 13.6 Å². The molecule has 0 bridgehead atoms. The molecule has 88 valence electrons. The molecule has 0 N–H and O–H groups in total. The van der Waals surface area contributed by atoms with Crippen molar-refractivity contribution in [1.29, 1.82) is 0 Å². The van der Waals surface area contributed by atoms with Crippen molar-refractivity contribution in [3.63, 3.8) is 0 Å². The maximum Gasteiger partial charge on any atom is 0.357 e. The minimum atomic E-state index is -2.81. The van der Waals surface area contributed by atoms with Crippen molar-refractivity contribution in [2.75, 3.05) is 14.2 Å². The summed E-state index contributed by atoms with van der Waals surface area (Å²) >= 11 is 0. The van der Waals surface area contributed by atoms with Crippen LogP contribution in [0.5, 0.6) is 5.75 Å². The first-order valence-corrected chi connectivity index (χ1v) is 4.43. The van der Waals surface area contributed by atoms with Crippen molar-refractivity contribution in [1.82, 2.24) is 4.98 Å². The molecule has 0 aliphatic heterocycles. The predicted octanol–water partition coefficient (Wildman–Crippen LogP) is 2.12. The lowest BCUT2D eigenvalue weighted by Crippen LogP contribution is -2.11. The van der Waals surface area contributed by atoms with Gasteiger partial charge >= 0.3 is 5.97 Å². The number of nitrogens with zero attached hydrogens (tertiary/aromatic N) is 1. The van der Waals surface area contributed by atoms with Gasteiger partial charge in [-0.05, 0) is 13.0 Å². The van der Waals surface area contributed by atoms with Gasteiger partial charge in [0.05, 0.1) is 25.5 Å². The molecule has 6 heteroatoms. The SMILES string of the molecule is COC(=O)c1nc(C)c(OC)cc1C(F)F. The van der Waals surface area contributed by atoms with Gasteiger partial charge in [-0.15, -0.1) is 0 Å². The number of rotatable bonds is 3. The molecular formula is C10H11F2NO3. The second-order valence-corrected chi connectivity index (χ2v) is 3.01. The lowest BCUT2D eigenvalue weighted by molar-refractivity contribution is 0.0581. The van der Waals surface area contributed by atoms with Gasteiger partial charge in [0.2, 0.25) is 0 Å². The molecule has 0 saturated carbocycles. The Bertz CT molecular complexity index is 407. The van der Waals surface area contributed by atoms with Gasteiger partial charge in [0.25, 0.3) is 6.43 Å². The van der Waals surface area contributed by atoms with Crippen LogP contribution in [0.1, 0.15) is 28.2 Å². The highest BCUT2D eigenvalue weighted by molar-refractivity contribution is 5.89. The third kappa shape index (κ3) is 2.26. The maximum atomic E-state index is 12.7. The molecule has 0 spiro atoms. The monoisotopic (exact) mass is 231 g/mol. The summed E-state index contributed by atoms with van der Waals surface area (Å²) in [5.41, 5.74) is -0.516. The van der Waals surface area contributed by atoms with E-state index >= 15 is 0 Å². The van der Waals surface area contributed by atoms with Gasteiger partial charge < -0.3 is 9.47 Å². The normalized spacial score (nSPS) is 10.4. The fourth-order valence-electron chi connectivity index (χ4n) is 1.23. The van der Waals surface area contributed by atoms with Crippen molar-refractivity contribution in [3.8, 4) is 5.75 Å². The molecule has 16 heavy (non-hydrogen) atoms. The third-order valence-electron chi connectivity index (χ3n) is 2.03. The molecule has 0 aliphatic rings. The Morgan fingerprint density at radius 2 is 2.06 bits per heavy atom. The predicted molar refractivity (Wildman–Crippen MR) is 51.8 cm³/mol. The summed E-state index contributed by atoms with van der Waals surface area (Å²) in [5.74, 6) is -0.677. The number of carbonyl (C=O) groups excluding carboxylic acids is 1. The first kappa shape index (κ1) is 12.4. The van der Waals surface area contributed by atoms with Crippen LogP contribution in [0.4, 0.5) is 8.78 Å². The molecule has 1 rings (SSSR count). The number of methoxy groups -OCH3 is 2. The average molecular weight is 231 g/mol. The highest BCUT2D eigenvalue weighted by Crippen LogP contribution is 2.28. The molecule has 1 heterocycles. The highest BCUT2D eigenvalue weighted by atomic mass is 19.3. The number of aromatic nitrogens is 1. The van der Waals surface area contributed by atoms with E-state index in [-0.39, 0.29) is 11.4 Å². The van der Waals surface area contributed by atoms with Gasteiger partial charge in [-0.25, -0.2) is 18.6 Å². The number of aryl methyl sites for hydroxylation is 1. The van der Waals surface area contributed by atoms with Crippen LogP contribution in [-0.2, 0) is 4.74 Å². The van der Waals surface area contributed by atoms with E-state index in [2.05, 4.69) is 9.72 Å². The molecular weight excluding hydrogens is 220 g/mol. The van der Waals surface area contributed by atoms with Crippen LogP contribution in [0.15, 0.2) is 6.07 Å². The van der Waals surface area contributed by atoms with Gasteiger partial charge in [0.1, 0.15) is 5.75 Å². The van der Waals surface area contributed by atoms with E-state index in [1.807, 2.05) is 0 Å². The fourth-order valence-corrected chi connectivity index (χ4v) is 1.23. The van der Waals surface area contributed by atoms with Crippen molar-refractivity contribution >= 4 is 5.97 Å². The Kier molecular flexibility index (Phi) is 3.76. The Balaban J connectivity index is 3.36. The number of carbonyl (C=O) groups is 1. The van der Waals surface area contributed by atoms with Crippen LogP contribution < -0.4 is 4.74 Å². The van der Waals surface area contributed by atoms with Crippen LogP contribution in [0, 0.1) is 6.92 Å². The van der Waals surface area contributed by atoms with E-state index in [0.29, 0.717) is 5.69 Å². The summed E-state index contributed by atoms with van der Waals surface area (Å²) in [7, 11) is 2.45. The highest BCUT2D eigenvalue weighted by Gasteiger charge is 2.22. The average Bonchev–Trinajstić information content (AvgIpc) is 2.27. The topological polar surface area (TPSA) is 48.4 Å². The number of ether oxygens (including phenoxy) is 2. The van der Waals surface area contributed by atoms with Gasteiger partial charge in [-0.1, -0.05) is 0 Å². The molecule has 0 amide bonds. The molecule has 0 atom stereocenters. The second kappa shape index (κ2) is 4.87. The zero-order valence-electron chi connectivity index (χ0n) is 9.08. The van der Waals surface area contributed by atoms with Crippen LogP contribution in [-0.4, -0.2) is 25.2 Å². The molecule has 0 fully saturated rings. The van der Waals surface area contributed by atoms with E-state index in [1.165, 1.54) is 7.11 Å². The van der Waals surface area contributed by atoms with Crippen molar-refractivity contribution in [2.45, 2.75) is 13.3 Å². The Hall–Kier alpha value is -1.72. The number of hydrogen-bond donors (Lipinski definition) is 0. The number of esters is 1. The summed E-state index contributed by atoms with van der Waals surface area (Å²) in [5, 5.41) is 0. The van der Waals surface area contributed by atoms with Crippen LogP contribution in [0.25, 0.3) is 0 Å². The summed E-state index contributed by atoms with van der Waals surface area (Å²) < 4.78 is 34.6. The summed E-state index contributed by atoms with van der Waals surface area (Å²) in [6, 6.07) is 1.10. The minimum absolute atomic E-state index is 0.211. The van der Waals surface area contributed by atoms with Gasteiger partial charge in [0, 0.05) is 0 Å². The smallest absolute Gasteiger partial charge is 0.357 e. The molecule has 0 saturated heterocycles. The Labute approximate surface area is 91.2 Å². The maximum absolute atomic E-state index is 12.7. The van der Waals surface area contributed by atoms with Gasteiger partial charge in [-0.2, -0.15) is 0 Å². The van der Waals surface area contributed by atoms with Crippen LogP contribution >= 0.6 is 0 Å². The third-order valence-corrected chi connectivity index (χ3v) is 2.03. The first-order chi connectivity index (χ1) is 7.51. The van der Waals surface area contributed by atoms with E-state index < -0.39 is 18.0 Å². The largest absolute Gasteiger partial charge is 0.495 e. The van der Waals surface area contributed by atoms with Crippen molar-refractivity contribution < 1.29 is 23.0 Å². The quantitative estimate of drug-likeness (QED) is 0.747. The van der Waals surface area contributed by atoms with E-state index in [1.54, 1.807) is 6.92 Å². The molecule has 4 nitrogen and oxygen atoms in total. The zero-order valence-corrected chi connectivity index (χ0v) is 9.08. The summed E-state index contributed by atoms with van der Waals surface area (Å²) in [6.45, 7) is 1.56. The molecule has 0 radical (unpaired) electrons. The molecule has 1 aromatic heterocycles. The lowest BCUT2D eigenvalue weighted by atomic mass is 10.1. The molecule has 0 aromatic carbocycles. The van der Waals surface area contributed by atoms with Crippen LogP contribution in [0.2, 0.25) is 0 Å². The second-order valence-electron chi connectivity index (χ2n) is 3.01. The van der Waals surface area contributed by atoms with Crippen molar-refractivity contribution in [3.05, 3.63) is 23.0 Å². The minimum Gasteiger partial charge on any atom is -0.495 e. The molecule has 1 aromatic rings. The molecule has 0 aliphatic carbocycles. The molecule has 0 unspecified atom stereocenters. The summed E-state index contributed by atoms with van der Waals surface area (Å²) in [6.07, 6.45) is -2.81. The van der Waals surface area contributed by atoms with E-state index in [4.69, 9.17) is 4.74 Å². The van der Waals surface area contributed by atoms with E-state index in [0.717, 1.165) is 13.2 Å². The number of alkyl halides is 2. The van der Waals surface area contributed by atoms with Gasteiger partial charge in [0.15, 0.2) is 5.69 Å². The Morgan fingerprint density at radius 3 is 2.50 bits per heavy atom. The van der Waals surface area contributed by atoms with Crippen molar-refractivity contribution in [2.24, 2.45) is 0 Å². The van der Waals surface area contributed by atoms with Gasteiger partial charge in [-0.3, -0.25) is 0 Å². The number of halogens is 2. The Morgan fingerprint density at radius 1 is 1.44 bits per heavy atom. The number of hydrogen-bond acceptors (Lipinski definition) is 4. The van der Waals surface area contributed by atoms with Crippen LogP contribution in [0.3, 0.4) is 0 Å².